The van der Waals surface area contributed by atoms with Crippen molar-refractivity contribution in [2.75, 3.05) is 26.2 Å². The predicted octanol–water partition coefficient (Wildman–Crippen LogP) is 5.88. The summed E-state index contributed by atoms with van der Waals surface area (Å²) in [5.74, 6) is 0.163. The van der Waals surface area contributed by atoms with Gasteiger partial charge in [0.2, 0.25) is 0 Å². The molecule has 2 nitrogen and oxygen atoms in total. The Morgan fingerprint density at radius 3 is 2.33 bits per heavy atom. The van der Waals surface area contributed by atoms with E-state index in [1.165, 1.54) is 61.4 Å². The molecular weight excluding hydrogens is 337 g/mol. The Bertz CT molecular complexity index is 673. The molecule has 27 heavy (non-hydrogen) atoms. The van der Waals surface area contributed by atoms with E-state index in [9.17, 15) is 4.39 Å². The van der Waals surface area contributed by atoms with Crippen LogP contribution < -0.4 is 4.74 Å². The van der Waals surface area contributed by atoms with Crippen LogP contribution >= 0.6 is 0 Å². The molecule has 1 saturated heterocycles. The van der Waals surface area contributed by atoms with Crippen molar-refractivity contribution >= 4 is 0 Å². The molecule has 0 amide bonds. The Morgan fingerprint density at radius 2 is 1.63 bits per heavy atom. The second-order valence-electron chi connectivity index (χ2n) is 8.01. The molecule has 2 aromatic carbocycles. The minimum absolute atomic E-state index is 0.255. The maximum absolute atomic E-state index is 13.9. The number of halogens is 1. The SMILES string of the molecule is Cc1cccc(F)c1OCCCC[N+]1(Cc2ccccc2)CCCCCC1. The number of para-hydroxylation sites is 1. The number of nitrogens with zero attached hydrogens (tertiary/aromatic N) is 1. The summed E-state index contributed by atoms with van der Waals surface area (Å²) in [4.78, 5) is 0. The Hall–Kier alpha value is -1.87. The zero-order chi connectivity index (χ0) is 19.0. The van der Waals surface area contributed by atoms with Crippen LogP contribution in [0.1, 0.15) is 49.7 Å². The summed E-state index contributed by atoms with van der Waals surface area (Å²) in [6.07, 6.45) is 7.49. The lowest BCUT2D eigenvalue weighted by Crippen LogP contribution is -2.48. The zero-order valence-electron chi connectivity index (χ0n) is 16.6. The Labute approximate surface area is 163 Å². The van der Waals surface area contributed by atoms with Crippen molar-refractivity contribution in [3.05, 3.63) is 65.5 Å². The van der Waals surface area contributed by atoms with Crippen LogP contribution in [-0.2, 0) is 6.54 Å². The van der Waals surface area contributed by atoms with Crippen LogP contribution in [0, 0.1) is 12.7 Å². The number of ether oxygens (including phenoxy) is 1. The number of quaternary nitrogens is 1. The molecule has 0 aromatic heterocycles. The zero-order valence-corrected chi connectivity index (χ0v) is 16.6. The first kappa shape index (κ1) is 19.9. The normalized spacial score (nSPS) is 16.7. The topological polar surface area (TPSA) is 9.23 Å². The molecule has 0 saturated carbocycles. The van der Waals surface area contributed by atoms with E-state index in [2.05, 4.69) is 30.3 Å². The molecule has 1 aliphatic rings. The van der Waals surface area contributed by atoms with Gasteiger partial charge in [-0.25, -0.2) is 4.39 Å². The Morgan fingerprint density at radius 1 is 0.889 bits per heavy atom. The highest BCUT2D eigenvalue weighted by atomic mass is 19.1. The van der Waals surface area contributed by atoms with Crippen molar-refractivity contribution < 1.29 is 13.6 Å². The summed E-state index contributed by atoms with van der Waals surface area (Å²) in [5.41, 5.74) is 2.31. The fourth-order valence-corrected chi connectivity index (χ4v) is 4.31. The van der Waals surface area contributed by atoms with Crippen molar-refractivity contribution in [1.29, 1.82) is 0 Å². The van der Waals surface area contributed by atoms with Crippen LogP contribution in [0.4, 0.5) is 4.39 Å². The highest BCUT2D eigenvalue weighted by Gasteiger charge is 2.28. The van der Waals surface area contributed by atoms with Crippen molar-refractivity contribution in [1.82, 2.24) is 0 Å². The number of hydrogen-bond acceptors (Lipinski definition) is 1. The van der Waals surface area contributed by atoms with Crippen LogP contribution in [0.15, 0.2) is 48.5 Å². The number of unbranched alkanes of at least 4 members (excludes halogenated alkanes) is 1. The van der Waals surface area contributed by atoms with Gasteiger partial charge in [-0.15, -0.1) is 0 Å². The van der Waals surface area contributed by atoms with Gasteiger partial charge in [0, 0.05) is 5.56 Å². The quantitative estimate of drug-likeness (QED) is 0.416. The summed E-state index contributed by atoms with van der Waals surface area (Å²) in [6.45, 7) is 7.37. The lowest BCUT2D eigenvalue weighted by molar-refractivity contribution is -0.940. The molecule has 0 radical (unpaired) electrons. The summed E-state index contributed by atoms with van der Waals surface area (Å²) in [7, 11) is 0. The van der Waals surface area contributed by atoms with Crippen molar-refractivity contribution in [2.45, 2.75) is 52.0 Å². The second-order valence-corrected chi connectivity index (χ2v) is 8.01. The Kier molecular flexibility index (Phi) is 7.28. The third kappa shape index (κ3) is 5.80. The number of hydrogen-bond donors (Lipinski definition) is 0. The minimum atomic E-state index is -0.255. The molecule has 146 valence electrons. The second kappa shape index (κ2) is 9.89. The molecule has 0 bridgehead atoms. The molecule has 0 aliphatic carbocycles. The number of rotatable bonds is 8. The molecule has 3 rings (SSSR count). The van der Waals surface area contributed by atoms with Crippen LogP contribution in [0.2, 0.25) is 0 Å². The van der Waals surface area contributed by atoms with Crippen molar-refractivity contribution in [3.63, 3.8) is 0 Å². The lowest BCUT2D eigenvalue weighted by atomic mass is 10.1. The molecule has 0 N–H and O–H groups in total. The lowest BCUT2D eigenvalue weighted by Gasteiger charge is -2.38. The number of aryl methyl sites for hydroxylation is 1. The maximum Gasteiger partial charge on any atom is 0.165 e. The van der Waals surface area contributed by atoms with E-state index >= 15 is 0 Å². The molecule has 0 spiro atoms. The smallest absolute Gasteiger partial charge is 0.165 e. The van der Waals surface area contributed by atoms with Crippen LogP contribution in [0.3, 0.4) is 0 Å². The fourth-order valence-electron chi connectivity index (χ4n) is 4.31. The van der Waals surface area contributed by atoms with Gasteiger partial charge in [0.1, 0.15) is 6.54 Å². The molecule has 3 heteroatoms. The van der Waals surface area contributed by atoms with Crippen LogP contribution in [0.5, 0.6) is 5.75 Å². The molecule has 0 unspecified atom stereocenters. The van der Waals surface area contributed by atoms with E-state index in [1.54, 1.807) is 6.07 Å². The van der Waals surface area contributed by atoms with Crippen molar-refractivity contribution in [2.24, 2.45) is 0 Å². The van der Waals surface area contributed by atoms with Gasteiger partial charge in [-0.3, -0.25) is 0 Å². The van der Waals surface area contributed by atoms with E-state index in [1.807, 2.05) is 13.0 Å². The molecule has 1 fully saturated rings. The first-order chi connectivity index (χ1) is 13.2. The highest BCUT2D eigenvalue weighted by molar-refractivity contribution is 5.33. The highest BCUT2D eigenvalue weighted by Crippen LogP contribution is 2.24. The van der Waals surface area contributed by atoms with Gasteiger partial charge in [-0.2, -0.15) is 0 Å². The van der Waals surface area contributed by atoms with E-state index in [0.717, 1.165) is 24.9 Å². The monoisotopic (exact) mass is 370 g/mol. The third-order valence-electron chi connectivity index (χ3n) is 5.81. The molecule has 1 heterocycles. The minimum Gasteiger partial charge on any atom is -0.490 e. The van der Waals surface area contributed by atoms with Gasteiger partial charge in [0.25, 0.3) is 0 Å². The molecular formula is C24H33FNO+. The maximum atomic E-state index is 13.9. The standard InChI is InChI=1S/C24H33FNO/c1-21-12-11-15-23(25)24(21)27-19-10-9-18-26(16-7-2-3-8-17-26)20-22-13-5-4-6-14-22/h4-6,11-15H,2-3,7-10,16-20H2,1H3/q+1. The first-order valence-electron chi connectivity index (χ1n) is 10.5. The average Bonchev–Trinajstić information content (AvgIpc) is 2.90. The summed E-state index contributed by atoms with van der Waals surface area (Å²) >= 11 is 0. The third-order valence-corrected chi connectivity index (χ3v) is 5.81. The van der Waals surface area contributed by atoms with Crippen LogP contribution in [-0.4, -0.2) is 30.7 Å². The largest absolute Gasteiger partial charge is 0.490 e. The molecule has 1 aliphatic heterocycles. The summed E-state index contributed by atoms with van der Waals surface area (Å²) < 4.78 is 20.8. The van der Waals surface area contributed by atoms with Gasteiger partial charge in [0.05, 0.1) is 26.2 Å². The van der Waals surface area contributed by atoms with Gasteiger partial charge in [0.15, 0.2) is 11.6 Å². The van der Waals surface area contributed by atoms with Gasteiger partial charge in [-0.1, -0.05) is 42.5 Å². The summed E-state index contributed by atoms with van der Waals surface area (Å²) in [5, 5.41) is 0. The van der Waals surface area contributed by atoms with E-state index in [4.69, 9.17) is 4.74 Å². The van der Waals surface area contributed by atoms with E-state index in [-0.39, 0.29) is 5.82 Å². The van der Waals surface area contributed by atoms with Gasteiger partial charge < -0.3 is 9.22 Å². The molecule has 0 atom stereocenters. The van der Waals surface area contributed by atoms with Gasteiger partial charge >= 0.3 is 0 Å². The number of benzene rings is 2. The fraction of sp³-hybridized carbons (Fsp3) is 0.500. The van der Waals surface area contributed by atoms with E-state index in [0.29, 0.717) is 12.4 Å². The average molecular weight is 371 g/mol. The molecule has 2 aromatic rings. The van der Waals surface area contributed by atoms with Gasteiger partial charge in [-0.05, 0) is 57.1 Å². The predicted molar refractivity (Wildman–Crippen MR) is 109 cm³/mol. The van der Waals surface area contributed by atoms with Crippen LogP contribution in [0.25, 0.3) is 0 Å². The van der Waals surface area contributed by atoms with Crippen molar-refractivity contribution in [3.8, 4) is 5.75 Å². The Balaban J connectivity index is 1.53. The van der Waals surface area contributed by atoms with E-state index < -0.39 is 0 Å². The first-order valence-corrected chi connectivity index (χ1v) is 10.5. The number of likely N-dealkylation sites (tertiary alicyclic amines) is 1. The summed E-state index contributed by atoms with van der Waals surface area (Å²) in [6, 6.07) is 16.0.